The van der Waals surface area contributed by atoms with Gasteiger partial charge in [0.15, 0.2) is 0 Å². The highest BCUT2D eigenvalue weighted by molar-refractivity contribution is 6.07. The Kier molecular flexibility index (Phi) is 9.08. The van der Waals surface area contributed by atoms with Crippen LogP contribution in [0, 0.1) is 0 Å². The lowest BCUT2D eigenvalue weighted by Crippen LogP contribution is -2.36. The highest BCUT2D eigenvalue weighted by Crippen LogP contribution is 2.30. The molecule has 2 N–H and O–H groups in total. The maximum absolute atomic E-state index is 13.4. The molecule has 2 saturated heterocycles. The Hall–Kier alpha value is -4.17. The maximum atomic E-state index is 13.4. The minimum Gasteiger partial charge on any atom is -0.368 e. The first kappa shape index (κ1) is 27.4. The summed E-state index contributed by atoms with van der Waals surface area (Å²) in [4.78, 5) is 45.6. The molecule has 0 saturated carbocycles. The lowest BCUT2D eigenvalue weighted by Gasteiger charge is -2.27. The van der Waals surface area contributed by atoms with E-state index in [9.17, 15) is 14.4 Å². The Morgan fingerprint density at radius 3 is 2.25 bits per heavy atom. The zero-order chi connectivity index (χ0) is 27.7. The van der Waals surface area contributed by atoms with E-state index in [4.69, 9.17) is 0 Å². The van der Waals surface area contributed by atoms with E-state index in [0.29, 0.717) is 56.0 Å². The molecule has 0 spiro atoms. The van der Waals surface area contributed by atoms with Crippen molar-refractivity contribution in [3.63, 3.8) is 0 Å². The molecule has 3 amide bonds. The number of carbonyl (C=O) groups is 3. The van der Waals surface area contributed by atoms with Crippen LogP contribution in [0.15, 0.2) is 78.9 Å². The van der Waals surface area contributed by atoms with Crippen LogP contribution in [0.5, 0.6) is 0 Å². The zero-order valence-electron chi connectivity index (χ0n) is 22.9. The number of nitrogens with one attached hydrogen (secondary N) is 2. The first-order valence-electron chi connectivity index (χ1n) is 14.2. The largest absolute Gasteiger partial charge is 0.368 e. The second kappa shape index (κ2) is 13.3. The van der Waals surface area contributed by atoms with Crippen LogP contribution in [0.25, 0.3) is 0 Å². The molecule has 3 aromatic rings. The minimum absolute atomic E-state index is 0.0287. The molecule has 208 valence electrons. The molecule has 2 aliphatic rings. The van der Waals surface area contributed by atoms with Gasteiger partial charge in [-0.05, 0) is 55.3 Å². The molecular formula is C32H37N5O3. The molecule has 2 fully saturated rings. The summed E-state index contributed by atoms with van der Waals surface area (Å²) in [6.07, 6.45) is 2.12. The average molecular weight is 540 g/mol. The quantitative estimate of drug-likeness (QED) is 0.500. The van der Waals surface area contributed by atoms with Crippen LogP contribution in [-0.2, 0) is 11.2 Å². The van der Waals surface area contributed by atoms with Crippen molar-refractivity contribution in [1.29, 1.82) is 0 Å². The molecule has 0 radical (unpaired) electrons. The van der Waals surface area contributed by atoms with Crippen LogP contribution in [0.4, 0.5) is 11.4 Å². The van der Waals surface area contributed by atoms with E-state index in [1.165, 1.54) is 0 Å². The zero-order valence-corrected chi connectivity index (χ0v) is 22.9. The number of hydrogen-bond acceptors (Lipinski definition) is 5. The van der Waals surface area contributed by atoms with Crippen LogP contribution in [-0.4, -0.2) is 79.9 Å². The standard InChI is InChI=1S/C32H37N5O3/c38-30(23-25-9-3-1-4-10-25)36-19-8-18-35(21-22-36)29-14-13-27(32(40)37-17-7-15-33-16-20-37)24-28(29)34-31(39)26-11-5-2-6-12-26/h1-6,9-14,24,33H,7-8,15-23H2,(H,34,39). The molecule has 5 rings (SSSR count). The molecule has 3 aromatic carbocycles. The van der Waals surface area contributed by atoms with E-state index in [-0.39, 0.29) is 17.7 Å². The number of benzene rings is 3. The van der Waals surface area contributed by atoms with Crippen molar-refractivity contribution in [1.82, 2.24) is 15.1 Å². The van der Waals surface area contributed by atoms with Gasteiger partial charge in [-0.2, -0.15) is 0 Å². The van der Waals surface area contributed by atoms with Crippen LogP contribution in [0.2, 0.25) is 0 Å². The number of carbonyl (C=O) groups excluding carboxylic acids is 3. The fourth-order valence-corrected chi connectivity index (χ4v) is 5.35. The normalized spacial score (nSPS) is 16.1. The minimum atomic E-state index is -0.222. The van der Waals surface area contributed by atoms with Gasteiger partial charge in [0.1, 0.15) is 0 Å². The predicted octanol–water partition coefficient (Wildman–Crippen LogP) is 3.66. The summed E-state index contributed by atoms with van der Waals surface area (Å²) in [6.45, 7) is 5.71. The van der Waals surface area contributed by atoms with Gasteiger partial charge >= 0.3 is 0 Å². The fraction of sp³-hybridized carbons (Fsp3) is 0.344. The Labute approximate surface area is 236 Å². The van der Waals surface area contributed by atoms with Crippen LogP contribution in [0.3, 0.4) is 0 Å². The summed E-state index contributed by atoms with van der Waals surface area (Å²) in [7, 11) is 0. The van der Waals surface area contributed by atoms with Gasteiger partial charge in [0, 0.05) is 56.9 Å². The van der Waals surface area contributed by atoms with Crippen molar-refractivity contribution in [2.75, 3.05) is 62.6 Å². The summed E-state index contributed by atoms with van der Waals surface area (Å²) < 4.78 is 0. The third-order valence-corrected chi connectivity index (χ3v) is 7.54. The van der Waals surface area contributed by atoms with E-state index in [0.717, 1.165) is 43.7 Å². The third kappa shape index (κ3) is 6.87. The molecule has 0 unspecified atom stereocenters. The molecule has 2 aliphatic heterocycles. The number of rotatable bonds is 6. The Morgan fingerprint density at radius 2 is 1.45 bits per heavy atom. The second-order valence-corrected chi connectivity index (χ2v) is 10.3. The van der Waals surface area contributed by atoms with Crippen molar-refractivity contribution in [3.05, 3.63) is 95.6 Å². The number of nitrogens with zero attached hydrogens (tertiary/aromatic N) is 3. The Balaban J connectivity index is 1.35. The summed E-state index contributed by atoms with van der Waals surface area (Å²) in [5, 5.41) is 6.41. The van der Waals surface area contributed by atoms with Crippen molar-refractivity contribution in [2.45, 2.75) is 19.3 Å². The second-order valence-electron chi connectivity index (χ2n) is 10.3. The van der Waals surface area contributed by atoms with Crippen molar-refractivity contribution < 1.29 is 14.4 Å². The highest BCUT2D eigenvalue weighted by atomic mass is 16.2. The van der Waals surface area contributed by atoms with Crippen LogP contribution < -0.4 is 15.5 Å². The third-order valence-electron chi connectivity index (χ3n) is 7.54. The molecule has 0 aromatic heterocycles. The fourth-order valence-electron chi connectivity index (χ4n) is 5.35. The number of hydrogen-bond donors (Lipinski definition) is 2. The van der Waals surface area contributed by atoms with E-state index in [2.05, 4.69) is 15.5 Å². The molecule has 8 heteroatoms. The van der Waals surface area contributed by atoms with Gasteiger partial charge in [-0.25, -0.2) is 0 Å². The number of anilines is 2. The lowest BCUT2D eigenvalue weighted by atomic mass is 10.1. The van der Waals surface area contributed by atoms with Gasteiger partial charge in [0.25, 0.3) is 11.8 Å². The summed E-state index contributed by atoms with van der Waals surface area (Å²) in [5.41, 5.74) is 3.59. The molecule has 2 heterocycles. The van der Waals surface area contributed by atoms with Gasteiger partial charge in [-0.3, -0.25) is 14.4 Å². The van der Waals surface area contributed by atoms with Crippen LogP contribution >= 0.6 is 0 Å². The Bertz CT molecular complexity index is 1310. The van der Waals surface area contributed by atoms with E-state index in [1.807, 2.05) is 70.5 Å². The van der Waals surface area contributed by atoms with Gasteiger partial charge in [0.2, 0.25) is 5.91 Å². The SMILES string of the molecule is O=C(Nc1cc(C(=O)N2CCCNCC2)ccc1N1CCCN(C(=O)Cc2ccccc2)CC1)c1ccccc1. The molecule has 0 bridgehead atoms. The van der Waals surface area contributed by atoms with E-state index in [1.54, 1.807) is 18.2 Å². The lowest BCUT2D eigenvalue weighted by molar-refractivity contribution is -0.130. The monoisotopic (exact) mass is 539 g/mol. The number of amides is 3. The van der Waals surface area contributed by atoms with E-state index < -0.39 is 0 Å². The van der Waals surface area contributed by atoms with Gasteiger partial charge < -0.3 is 25.3 Å². The smallest absolute Gasteiger partial charge is 0.255 e. The first-order valence-corrected chi connectivity index (χ1v) is 14.2. The molecule has 40 heavy (non-hydrogen) atoms. The summed E-state index contributed by atoms with van der Waals surface area (Å²) in [5.74, 6) is -0.127. The predicted molar refractivity (Wildman–Crippen MR) is 158 cm³/mol. The average Bonchev–Trinajstić information content (AvgIpc) is 3.42. The van der Waals surface area contributed by atoms with E-state index >= 15 is 0 Å². The van der Waals surface area contributed by atoms with Gasteiger partial charge in [0.05, 0.1) is 17.8 Å². The highest BCUT2D eigenvalue weighted by Gasteiger charge is 2.24. The van der Waals surface area contributed by atoms with Gasteiger partial charge in [-0.15, -0.1) is 0 Å². The maximum Gasteiger partial charge on any atom is 0.255 e. The summed E-state index contributed by atoms with van der Waals surface area (Å²) in [6, 6.07) is 24.5. The van der Waals surface area contributed by atoms with Crippen molar-refractivity contribution in [2.24, 2.45) is 0 Å². The molecule has 0 aliphatic carbocycles. The molecule has 8 nitrogen and oxygen atoms in total. The Morgan fingerprint density at radius 1 is 0.700 bits per heavy atom. The first-order chi connectivity index (χ1) is 19.6. The van der Waals surface area contributed by atoms with Gasteiger partial charge in [-0.1, -0.05) is 48.5 Å². The van der Waals surface area contributed by atoms with Crippen molar-refractivity contribution >= 4 is 29.1 Å². The summed E-state index contributed by atoms with van der Waals surface area (Å²) >= 11 is 0. The molecular weight excluding hydrogens is 502 g/mol. The van der Waals surface area contributed by atoms with Crippen molar-refractivity contribution in [3.8, 4) is 0 Å². The molecule has 0 atom stereocenters. The topological polar surface area (TPSA) is 85.0 Å². The van der Waals surface area contributed by atoms with Crippen LogP contribution in [0.1, 0.15) is 39.1 Å².